The lowest BCUT2D eigenvalue weighted by Crippen LogP contribution is -2.38. The van der Waals surface area contributed by atoms with Gasteiger partial charge in [-0.05, 0) is 47.5 Å². The molecule has 0 aromatic rings. The summed E-state index contributed by atoms with van der Waals surface area (Å²) in [7, 11) is 0. The minimum atomic E-state index is -0.547. The molecule has 1 atom stereocenters. The highest BCUT2D eigenvalue weighted by Crippen LogP contribution is 2.29. The smallest absolute Gasteiger partial charge is 0.414 e. The van der Waals surface area contributed by atoms with Crippen LogP contribution in [0.5, 0.6) is 0 Å². The molecule has 108 valence electrons. The third-order valence-corrected chi connectivity index (χ3v) is 2.73. The number of allylic oxidation sites excluding steroid dienone is 1. The predicted molar refractivity (Wildman–Crippen MR) is 71.5 cm³/mol. The standard InChI is InChI=1S/C14H23NO4/c1-6-18-12(16)9-11-8-7-10(2)15(11)13(17)19-14(3,4)5/h9-10H,6-8H2,1-5H3/b11-9+/t10-/m1/s1. The van der Waals surface area contributed by atoms with Gasteiger partial charge in [0.1, 0.15) is 5.60 Å². The third-order valence-electron chi connectivity index (χ3n) is 2.73. The summed E-state index contributed by atoms with van der Waals surface area (Å²) in [5.74, 6) is -0.417. The molecular formula is C14H23NO4. The molecule has 1 rings (SSSR count). The van der Waals surface area contributed by atoms with E-state index in [0.29, 0.717) is 18.7 Å². The van der Waals surface area contributed by atoms with Crippen LogP contribution < -0.4 is 0 Å². The summed E-state index contributed by atoms with van der Waals surface area (Å²) < 4.78 is 10.2. The molecule has 1 fully saturated rings. The maximum atomic E-state index is 12.1. The summed E-state index contributed by atoms with van der Waals surface area (Å²) in [6.45, 7) is 9.47. The van der Waals surface area contributed by atoms with Crippen LogP contribution in [-0.2, 0) is 14.3 Å². The normalized spacial score (nSPS) is 21.6. The maximum absolute atomic E-state index is 12.1. The third kappa shape index (κ3) is 4.58. The number of ether oxygens (including phenoxy) is 2. The van der Waals surface area contributed by atoms with Crippen molar-refractivity contribution in [1.29, 1.82) is 0 Å². The highest BCUT2D eigenvalue weighted by atomic mass is 16.6. The topological polar surface area (TPSA) is 55.8 Å². The van der Waals surface area contributed by atoms with Crippen LogP contribution >= 0.6 is 0 Å². The molecule has 0 spiro atoms. The van der Waals surface area contributed by atoms with Gasteiger partial charge in [0.05, 0.1) is 6.61 Å². The Morgan fingerprint density at radius 2 is 2.05 bits per heavy atom. The number of esters is 1. The second kappa shape index (κ2) is 6.08. The molecular weight excluding hydrogens is 246 g/mol. The van der Waals surface area contributed by atoms with Gasteiger partial charge >= 0.3 is 12.1 Å². The zero-order valence-corrected chi connectivity index (χ0v) is 12.4. The van der Waals surface area contributed by atoms with E-state index < -0.39 is 17.7 Å². The second-order valence-electron chi connectivity index (χ2n) is 5.63. The fraction of sp³-hybridized carbons (Fsp3) is 0.714. The van der Waals surface area contributed by atoms with Gasteiger partial charge < -0.3 is 9.47 Å². The minimum Gasteiger partial charge on any atom is -0.463 e. The molecule has 0 aliphatic carbocycles. The van der Waals surface area contributed by atoms with Gasteiger partial charge in [-0.3, -0.25) is 4.90 Å². The first-order valence-electron chi connectivity index (χ1n) is 6.64. The average molecular weight is 269 g/mol. The van der Waals surface area contributed by atoms with Crippen LogP contribution in [0.15, 0.2) is 11.8 Å². The minimum absolute atomic E-state index is 0.0375. The summed E-state index contributed by atoms with van der Waals surface area (Å²) in [6, 6.07) is 0.0375. The Hall–Kier alpha value is -1.52. The van der Waals surface area contributed by atoms with Crippen molar-refractivity contribution in [1.82, 2.24) is 4.90 Å². The molecule has 0 radical (unpaired) electrons. The van der Waals surface area contributed by atoms with Crippen molar-refractivity contribution >= 4 is 12.1 Å². The molecule has 1 saturated heterocycles. The number of carbonyl (C=O) groups is 2. The number of nitrogens with zero attached hydrogens (tertiary/aromatic N) is 1. The average Bonchev–Trinajstić information content (AvgIpc) is 2.57. The highest BCUT2D eigenvalue weighted by Gasteiger charge is 2.33. The van der Waals surface area contributed by atoms with E-state index in [9.17, 15) is 9.59 Å². The van der Waals surface area contributed by atoms with Crippen molar-refractivity contribution in [3.63, 3.8) is 0 Å². The lowest BCUT2D eigenvalue weighted by molar-refractivity contribution is -0.137. The van der Waals surface area contributed by atoms with E-state index in [0.717, 1.165) is 6.42 Å². The van der Waals surface area contributed by atoms with E-state index in [1.807, 2.05) is 27.7 Å². The first-order chi connectivity index (χ1) is 8.74. The lowest BCUT2D eigenvalue weighted by Gasteiger charge is -2.27. The van der Waals surface area contributed by atoms with Crippen LogP contribution in [0.2, 0.25) is 0 Å². The van der Waals surface area contributed by atoms with Crippen molar-refractivity contribution in [2.75, 3.05) is 6.61 Å². The Kier molecular flexibility index (Phi) is 4.97. The number of hydrogen-bond acceptors (Lipinski definition) is 4. The van der Waals surface area contributed by atoms with Crippen LogP contribution in [0.1, 0.15) is 47.5 Å². The largest absolute Gasteiger partial charge is 0.463 e. The van der Waals surface area contributed by atoms with E-state index in [4.69, 9.17) is 9.47 Å². The van der Waals surface area contributed by atoms with E-state index in [1.165, 1.54) is 6.08 Å². The van der Waals surface area contributed by atoms with Gasteiger partial charge in [-0.2, -0.15) is 0 Å². The van der Waals surface area contributed by atoms with Crippen LogP contribution in [0.25, 0.3) is 0 Å². The SMILES string of the molecule is CCOC(=O)/C=C1\CC[C@@H](C)N1C(=O)OC(C)(C)C. The summed E-state index contributed by atoms with van der Waals surface area (Å²) >= 11 is 0. The van der Waals surface area contributed by atoms with Crippen molar-refractivity contribution < 1.29 is 19.1 Å². The fourth-order valence-electron chi connectivity index (χ4n) is 1.96. The Balaban J connectivity index is 2.83. The molecule has 0 unspecified atom stereocenters. The van der Waals surface area contributed by atoms with Crippen LogP contribution in [0.4, 0.5) is 4.79 Å². The summed E-state index contributed by atoms with van der Waals surface area (Å²) in [5, 5.41) is 0. The summed E-state index contributed by atoms with van der Waals surface area (Å²) in [5.41, 5.74) is 0.120. The molecule has 1 aliphatic rings. The molecule has 1 amide bonds. The highest BCUT2D eigenvalue weighted by molar-refractivity contribution is 5.84. The quantitative estimate of drug-likeness (QED) is 0.571. The molecule has 19 heavy (non-hydrogen) atoms. The van der Waals surface area contributed by atoms with E-state index in [2.05, 4.69) is 0 Å². The molecule has 0 N–H and O–H groups in total. The van der Waals surface area contributed by atoms with E-state index >= 15 is 0 Å². The van der Waals surface area contributed by atoms with Gasteiger partial charge in [0.25, 0.3) is 0 Å². The van der Waals surface area contributed by atoms with Gasteiger partial charge in [0.15, 0.2) is 0 Å². The molecule has 0 bridgehead atoms. The Bertz CT molecular complexity index is 381. The maximum Gasteiger partial charge on any atom is 0.414 e. The van der Waals surface area contributed by atoms with Crippen LogP contribution in [0.3, 0.4) is 0 Å². The Morgan fingerprint density at radius 3 is 2.58 bits per heavy atom. The van der Waals surface area contributed by atoms with Gasteiger partial charge in [-0.1, -0.05) is 0 Å². The van der Waals surface area contributed by atoms with Crippen molar-refractivity contribution in [3.05, 3.63) is 11.8 Å². The molecule has 5 heteroatoms. The molecule has 0 aromatic carbocycles. The fourth-order valence-corrected chi connectivity index (χ4v) is 1.96. The number of rotatable bonds is 2. The lowest BCUT2D eigenvalue weighted by atomic mass is 10.2. The summed E-state index contributed by atoms with van der Waals surface area (Å²) in [4.78, 5) is 25.2. The molecule has 1 heterocycles. The van der Waals surface area contributed by atoms with Crippen LogP contribution in [-0.4, -0.2) is 35.2 Å². The van der Waals surface area contributed by atoms with Gasteiger partial charge in [0, 0.05) is 17.8 Å². The molecule has 5 nitrogen and oxygen atoms in total. The van der Waals surface area contributed by atoms with Gasteiger partial charge in [-0.15, -0.1) is 0 Å². The van der Waals surface area contributed by atoms with Crippen molar-refractivity contribution in [3.8, 4) is 0 Å². The van der Waals surface area contributed by atoms with Crippen molar-refractivity contribution in [2.24, 2.45) is 0 Å². The van der Waals surface area contributed by atoms with Crippen molar-refractivity contribution in [2.45, 2.75) is 59.1 Å². The molecule has 1 aliphatic heterocycles. The number of carbonyl (C=O) groups excluding carboxylic acids is 2. The molecule has 0 aromatic heterocycles. The zero-order valence-electron chi connectivity index (χ0n) is 12.4. The first-order valence-corrected chi connectivity index (χ1v) is 6.64. The first kappa shape index (κ1) is 15.5. The van der Waals surface area contributed by atoms with Gasteiger partial charge in [-0.25, -0.2) is 9.59 Å². The molecule has 0 saturated carbocycles. The van der Waals surface area contributed by atoms with Crippen LogP contribution in [0, 0.1) is 0 Å². The second-order valence-corrected chi connectivity index (χ2v) is 5.63. The number of hydrogen-bond donors (Lipinski definition) is 0. The zero-order chi connectivity index (χ0) is 14.6. The monoisotopic (exact) mass is 269 g/mol. The number of amides is 1. The van der Waals surface area contributed by atoms with Gasteiger partial charge in [0.2, 0.25) is 0 Å². The van der Waals surface area contributed by atoms with E-state index in [1.54, 1.807) is 11.8 Å². The predicted octanol–water partition coefficient (Wildman–Crippen LogP) is 2.85. The number of likely N-dealkylation sites (tertiary alicyclic amines) is 1. The Morgan fingerprint density at radius 1 is 1.42 bits per heavy atom. The Labute approximate surface area is 114 Å². The van der Waals surface area contributed by atoms with E-state index in [-0.39, 0.29) is 6.04 Å². The summed E-state index contributed by atoms with van der Waals surface area (Å²) in [6.07, 6.45) is 2.48.